The van der Waals surface area contributed by atoms with Gasteiger partial charge in [0.25, 0.3) is 0 Å². The molecule has 1 fully saturated rings. The van der Waals surface area contributed by atoms with E-state index in [9.17, 15) is 14.4 Å². The number of fused-ring (bicyclic) bond motifs is 1. The van der Waals surface area contributed by atoms with Gasteiger partial charge in [-0.25, -0.2) is 0 Å². The van der Waals surface area contributed by atoms with Crippen LogP contribution < -0.4 is 10.6 Å². The van der Waals surface area contributed by atoms with E-state index in [1.165, 1.54) is 6.92 Å². The summed E-state index contributed by atoms with van der Waals surface area (Å²) in [6.45, 7) is 10.3. The van der Waals surface area contributed by atoms with E-state index in [2.05, 4.69) is 20.4 Å². The molecule has 0 saturated carbocycles. The van der Waals surface area contributed by atoms with Gasteiger partial charge >= 0.3 is 0 Å². The summed E-state index contributed by atoms with van der Waals surface area (Å²) in [4.78, 5) is 41.0. The highest BCUT2D eigenvalue weighted by Crippen LogP contribution is 2.31. The second-order valence-corrected chi connectivity index (χ2v) is 8.06. The van der Waals surface area contributed by atoms with Crippen molar-refractivity contribution in [3.63, 3.8) is 0 Å². The Balaban J connectivity index is 1.61. The Bertz CT molecular complexity index is 928. The molecule has 8 heteroatoms. The molecule has 0 aliphatic carbocycles. The van der Waals surface area contributed by atoms with Crippen LogP contribution in [0.4, 0.5) is 5.69 Å². The standard InChI is InChI=1S/C22H30N4O4/c1-14(2)23-19(28)13-25-9-11-26(12-10-25)15(3)22(29)24-20-17-7-5-6-8-18(17)30-21(20)16(4)27/h5-8,14-15H,9-13H2,1-4H3,(H,23,28)(H,24,29). The van der Waals surface area contributed by atoms with E-state index in [4.69, 9.17) is 4.42 Å². The fourth-order valence-electron chi connectivity index (χ4n) is 3.69. The van der Waals surface area contributed by atoms with Crippen molar-refractivity contribution >= 4 is 34.3 Å². The molecule has 1 aliphatic rings. The van der Waals surface area contributed by atoms with Gasteiger partial charge in [0.2, 0.25) is 11.8 Å². The second-order valence-electron chi connectivity index (χ2n) is 8.06. The van der Waals surface area contributed by atoms with E-state index in [-0.39, 0.29) is 35.4 Å². The summed E-state index contributed by atoms with van der Waals surface area (Å²) < 4.78 is 5.64. The normalized spacial score (nSPS) is 16.6. The molecular formula is C22H30N4O4. The fourth-order valence-corrected chi connectivity index (χ4v) is 3.69. The monoisotopic (exact) mass is 414 g/mol. The molecule has 3 rings (SSSR count). The van der Waals surface area contributed by atoms with Crippen LogP contribution in [0.2, 0.25) is 0 Å². The van der Waals surface area contributed by atoms with Gasteiger partial charge in [-0.15, -0.1) is 0 Å². The van der Waals surface area contributed by atoms with E-state index >= 15 is 0 Å². The highest BCUT2D eigenvalue weighted by molar-refractivity contribution is 6.11. The Morgan fingerprint density at radius 3 is 2.37 bits per heavy atom. The average Bonchev–Trinajstić information content (AvgIpc) is 3.06. The zero-order valence-electron chi connectivity index (χ0n) is 18.0. The number of nitrogens with one attached hydrogen (secondary N) is 2. The number of furan rings is 1. The molecule has 1 aromatic carbocycles. The van der Waals surface area contributed by atoms with Gasteiger partial charge in [0, 0.05) is 44.5 Å². The Hall–Kier alpha value is -2.71. The highest BCUT2D eigenvalue weighted by Gasteiger charge is 2.28. The number of amides is 2. The van der Waals surface area contributed by atoms with Gasteiger partial charge in [0.1, 0.15) is 5.58 Å². The average molecular weight is 415 g/mol. The summed E-state index contributed by atoms with van der Waals surface area (Å²) in [5, 5.41) is 6.52. The largest absolute Gasteiger partial charge is 0.451 e. The van der Waals surface area contributed by atoms with Crippen LogP contribution in [0, 0.1) is 0 Å². The van der Waals surface area contributed by atoms with Gasteiger partial charge in [0.05, 0.1) is 18.3 Å². The lowest BCUT2D eigenvalue weighted by molar-refractivity contribution is -0.125. The molecule has 8 nitrogen and oxygen atoms in total. The van der Waals surface area contributed by atoms with Crippen molar-refractivity contribution < 1.29 is 18.8 Å². The number of Topliss-reactive ketones (excluding diaryl/α,β-unsaturated/α-hetero) is 1. The van der Waals surface area contributed by atoms with Crippen LogP contribution in [0.5, 0.6) is 0 Å². The molecule has 0 radical (unpaired) electrons. The third kappa shape index (κ3) is 5.06. The highest BCUT2D eigenvalue weighted by atomic mass is 16.3. The number of rotatable bonds is 7. The molecule has 1 aliphatic heterocycles. The van der Waals surface area contributed by atoms with Gasteiger partial charge in [-0.05, 0) is 32.9 Å². The van der Waals surface area contributed by atoms with Gasteiger partial charge in [-0.1, -0.05) is 12.1 Å². The summed E-state index contributed by atoms with van der Waals surface area (Å²) in [5.74, 6) is -0.233. The molecule has 1 saturated heterocycles. The van der Waals surface area contributed by atoms with Crippen LogP contribution in [0.1, 0.15) is 38.2 Å². The van der Waals surface area contributed by atoms with E-state index in [0.717, 1.165) is 13.1 Å². The third-order valence-electron chi connectivity index (χ3n) is 5.31. The first-order valence-electron chi connectivity index (χ1n) is 10.4. The van der Waals surface area contributed by atoms with Gasteiger partial charge < -0.3 is 15.1 Å². The summed E-state index contributed by atoms with van der Waals surface area (Å²) in [5.41, 5.74) is 0.998. The minimum atomic E-state index is -0.370. The van der Waals surface area contributed by atoms with Crippen molar-refractivity contribution in [2.24, 2.45) is 0 Å². The van der Waals surface area contributed by atoms with Crippen molar-refractivity contribution in [1.82, 2.24) is 15.1 Å². The molecular weight excluding hydrogens is 384 g/mol. The summed E-state index contributed by atoms with van der Waals surface area (Å²) in [7, 11) is 0. The van der Waals surface area contributed by atoms with Crippen molar-refractivity contribution in [3.05, 3.63) is 30.0 Å². The number of ketones is 1. The smallest absolute Gasteiger partial charge is 0.241 e. The minimum Gasteiger partial charge on any atom is -0.451 e. The number of anilines is 1. The van der Waals surface area contributed by atoms with E-state index in [1.54, 1.807) is 6.07 Å². The van der Waals surface area contributed by atoms with Crippen molar-refractivity contribution in [3.8, 4) is 0 Å². The molecule has 0 spiro atoms. The Kier molecular flexibility index (Phi) is 6.89. The van der Waals surface area contributed by atoms with Crippen LogP contribution >= 0.6 is 0 Å². The molecule has 1 aromatic heterocycles. The molecule has 2 N–H and O–H groups in total. The maximum atomic E-state index is 12.9. The van der Waals surface area contributed by atoms with Crippen molar-refractivity contribution in [2.75, 3.05) is 38.0 Å². The number of piperazine rings is 1. The van der Waals surface area contributed by atoms with E-state index < -0.39 is 0 Å². The number of benzene rings is 1. The van der Waals surface area contributed by atoms with Gasteiger partial charge in [-0.3, -0.25) is 24.2 Å². The van der Waals surface area contributed by atoms with Crippen LogP contribution in [0.15, 0.2) is 28.7 Å². The molecule has 0 bridgehead atoms. The first-order valence-corrected chi connectivity index (χ1v) is 10.4. The maximum Gasteiger partial charge on any atom is 0.241 e. The number of para-hydroxylation sites is 1. The molecule has 1 atom stereocenters. The summed E-state index contributed by atoms with van der Waals surface area (Å²) in [6.07, 6.45) is 0. The zero-order valence-corrected chi connectivity index (χ0v) is 18.0. The number of carbonyl (C=O) groups excluding carboxylic acids is 3. The quantitative estimate of drug-likeness (QED) is 0.674. The molecule has 30 heavy (non-hydrogen) atoms. The molecule has 2 amide bonds. The first-order chi connectivity index (χ1) is 14.3. The van der Waals surface area contributed by atoms with Crippen molar-refractivity contribution in [1.29, 1.82) is 0 Å². The van der Waals surface area contributed by atoms with Crippen LogP contribution in [-0.4, -0.2) is 72.2 Å². The van der Waals surface area contributed by atoms with Crippen LogP contribution in [-0.2, 0) is 9.59 Å². The molecule has 2 heterocycles. The lowest BCUT2D eigenvalue weighted by Crippen LogP contribution is -2.54. The van der Waals surface area contributed by atoms with E-state index in [0.29, 0.717) is 36.3 Å². The second kappa shape index (κ2) is 9.40. The lowest BCUT2D eigenvalue weighted by Gasteiger charge is -2.37. The number of hydrogen-bond donors (Lipinski definition) is 2. The Labute approximate surface area is 176 Å². The summed E-state index contributed by atoms with van der Waals surface area (Å²) in [6, 6.07) is 7.02. The van der Waals surface area contributed by atoms with Gasteiger partial charge in [-0.2, -0.15) is 0 Å². The zero-order chi connectivity index (χ0) is 21.8. The summed E-state index contributed by atoms with van der Waals surface area (Å²) >= 11 is 0. The topological polar surface area (TPSA) is 94.9 Å². The number of hydrogen-bond acceptors (Lipinski definition) is 6. The van der Waals surface area contributed by atoms with Crippen LogP contribution in [0.3, 0.4) is 0 Å². The Morgan fingerprint density at radius 1 is 1.07 bits per heavy atom. The van der Waals surface area contributed by atoms with E-state index in [1.807, 2.05) is 39.0 Å². The molecule has 1 unspecified atom stereocenters. The predicted octanol–water partition coefficient (Wildman–Crippen LogP) is 2.10. The minimum absolute atomic E-state index is 0.0211. The van der Waals surface area contributed by atoms with Crippen LogP contribution in [0.25, 0.3) is 11.0 Å². The molecule has 2 aromatic rings. The number of carbonyl (C=O) groups is 3. The first kappa shape index (κ1) is 22.0. The lowest BCUT2D eigenvalue weighted by atomic mass is 10.1. The SMILES string of the molecule is CC(=O)c1oc2ccccc2c1NC(=O)C(C)N1CCN(CC(=O)NC(C)C)CC1. The van der Waals surface area contributed by atoms with Crippen molar-refractivity contribution in [2.45, 2.75) is 39.8 Å². The predicted molar refractivity (Wildman–Crippen MR) is 116 cm³/mol. The fraction of sp³-hybridized carbons (Fsp3) is 0.500. The third-order valence-corrected chi connectivity index (χ3v) is 5.31. The Morgan fingerprint density at radius 2 is 1.73 bits per heavy atom. The van der Waals surface area contributed by atoms with Gasteiger partial charge in [0.15, 0.2) is 11.5 Å². The maximum absolute atomic E-state index is 12.9. The molecule has 162 valence electrons. The number of nitrogens with zero attached hydrogens (tertiary/aromatic N) is 2.